The molecular formula is C26H25N3O7. The number of methoxy groups -OCH3 is 2. The molecule has 0 radical (unpaired) electrons. The molecule has 10 nitrogen and oxygen atoms in total. The summed E-state index contributed by atoms with van der Waals surface area (Å²) in [5.41, 5.74) is 6.75. The highest BCUT2D eigenvalue weighted by atomic mass is 16.5. The molecule has 0 saturated carbocycles. The Balaban J connectivity index is 2.34. The number of hydrogen-bond acceptors (Lipinski definition) is 10. The van der Waals surface area contributed by atoms with Gasteiger partial charge >= 0.3 is 17.9 Å². The lowest BCUT2D eigenvalue weighted by Crippen LogP contribution is -2.40. The molecule has 3 N–H and O–H groups in total. The summed E-state index contributed by atoms with van der Waals surface area (Å²) in [6.45, 7) is 1.86. The van der Waals surface area contributed by atoms with Gasteiger partial charge in [0, 0.05) is 0 Å². The molecule has 1 unspecified atom stereocenters. The first-order chi connectivity index (χ1) is 17.3. The largest absolute Gasteiger partial charge is 0.506 e. The van der Waals surface area contributed by atoms with Gasteiger partial charge in [-0.15, -0.1) is 0 Å². The Hall–Kier alpha value is -4.78. The number of nitrogens with two attached hydrogens (primary N) is 1. The van der Waals surface area contributed by atoms with E-state index >= 15 is 0 Å². The topological polar surface area (TPSA) is 152 Å². The Morgan fingerprint density at radius 3 is 2.33 bits per heavy atom. The van der Waals surface area contributed by atoms with E-state index < -0.39 is 23.8 Å². The summed E-state index contributed by atoms with van der Waals surface area (Å²) in [5.74, 6) is -3.92. The van der Waals surface area contributed by atoms with Gasteiger partial charge in [-0.05, 0) is 30.2 Å². The predicted octanol–water partition coefficient (Wildman–Crippen LogP) is 2.40. The average Bonchev–Trinajstić information content (AvgIpc) is 2.88. The fourth-order valence-electron chi connectivity index (χ4n) is 4.00. The number of ether oxygens (including phenoxy) is 3. The van der Waals surface area contributed by atoms with Crippen LogP contribution in [0.15, 0.2) is 71.2 Å². The molecule has 3 rings (SSSR count). The van der Waals surface area contributed by atoms with E-state index in [-0.39, 0.29) is 47.1 Å². The summed E-state index contributed by atoms with van der Waals surface area (Å²) in [5, 5.41) is 20.8. The molecule has 36 heavy (non-hydrogen) atoms. The number of aromatic hydroxyl groups is 1. The number of benzene rings is 2. The van der Waals surface area contributed by atoms with Crippen LogP contribution in [-0.4, -0.2) is 43.8 Å². The van der Waals surface area contributed by atoms with Crippen molar-refractivity contribution in [1.29, 1.82) is 5.26 Å². The molecule has 186 valence electrons. The number of anilines is 1. The van der Waals surface area contributed by atoms with E-state index in [0.29, 0.717) is 11.1 Å². The minimum atomic E-state index is -1.04. The molecule has 10 heteroatoms. The van der Waals surface area contributed by atoms with Gasteiger partial charge in [0.15, 0.2) is 0 Å². The zero-order valence-electron chi connectivity index (χ0n) is 20.0. The maximum atomic E-state index is 13.1. The molecule has 2 aromatic carbocycles. The van der Waals surface area contributed by atoms with Crippen LogP contribution in [0.2, 0.25) is 0 Å². The van der Waals surface area contributed by atoms with E-state index in [0.717, 1.165) is 19.1 Å². The van der Waals surface area contributed by atoms with Crippen LogP contribution in [0.4, 0.5) is 5.69 Å². The normalized spacial score (nSPS) is 15.3. The van der Waals surface area contributed by atoms with Crippen LogP contribution in [0, 0.1) is 11.3 Å². The number of carbonyl (C=O) groups is 3. The first kappa shape index (κ1) is 25.8. The third-order valence-electron chi connectivity index (χ3n) is 5.54. The summed E-state index contributed by atoms with van der Waals surface area (Å²) in [6, 6.07) is 14.8. The molecule has 1 atom stereocenters. The van der Waals surface area contributed by atoms with Crippen LogP contribution in [0.5, 0.6) is 5.75 Å². The van der Waals surface area contributed by atoms with Crippen LogP contribution in [0.1, 0.15) is 24.0 Å². The van der Waals surface area contributed by atoms with Crippen molar-refractivity contribution < 1.29 is 33.7 Å². The van der Waals surface area contributed by atoms with E-state index in [1.807, 2.05) is 6.07 Å². The Kier molecular flexibility index (Phi) is 7.96. The highest BCUT2D eigenvalue weighted by molar-refractivity contribution is 6.06. The average molecular weight is 492 g/mol. The van der Waals surface area contributed by atoms with Gasteiger partial charge in [0.2, 0.25) is 0 Å². The summed E-state index contributed by atoms with van der Waals surface area (Å²) in [6.07, 6.45) is -0.128. The zero-order valence-corrected chi connectivity index (χ0v) is 20.0. The maximum absolute atomic E-state index is 13.1. The van der Waals surface area contributed by atoms with Gasteiger partial charge < -0.3 is 25.1 Å². The Morgan fingerprint density at radius 1 is 1.08 bits per heavy atom. The predicted molar refractivity (Wildman–Crippen MR) is 128 cm³/mol. The molecule has 1 heterocycles. The number of nitrogens with zero attached hydrogens (tertiary/aromatic N) is 2. The fourth-order valence-corrected chi connectivity index (χ4v) is 4.00. The highest BCUT2D eigenvalue weighted by Gasteiger charge is 2.43. The zero-order chi connectivity index (χ0) is 26.4. The Bertz CT molecular complexity index is 1290. The fraction of sp³-hybridized carbons (Fsp3) is 0.231. The second-order valence-electron chi connectivity index (χ2n) is 7.64. The molecule has 0 fully saturated rings. The minimum Gasteiger partial charge on any atom is -0.506 e. The van der Waals surface area contributed by atoms with Crippen LogP contribution >= 0.6 is 0 Å². The van der Waals surface area contributed by atoms with E-state index in [4.69, 9.17) is 19.9 Å². The number of nitriles is 1. The Labute approximate surface area is 207 Å². The molecule has 0 saturated heterocycles. The smallest absolute Gasteiger partial charge is 0.355 e. The van der Waals surface area contributed by atoms with Gasteiger partial charge in [0.05, 0.1) is 56.1 Å². The summed E-state index contributed by atoms with van der Waals surface area (Å²) >= 11 is 0. The van der Waals surface area contributed by atoms with Gasteiger partial charge in [-0.1, -0.05) is 36.4 Å². The van der Waals surface area contributed by atoms with E-state index in [9.17, 15) is 24.8 Å². The quantitative estimate of drug-likeness (QED) is 0.436. The monoisotopic (exact) mass is 491 g/mol. The summed E-state index contributed by atoms with van der Waals surface area (Å²) < 4.78 is 14.9. The molecule has 0 aromatic heterocycles. The number of allylic oxidation sites excluding steroid dienone is 1. The van der Waals surface area contributed by atoms with Crippen LogP contribution in [-0.2, 0) is 35.0 Å². The highest BCUT2D eigenvalue weighted by Crippen LogP contribution is 2.45. The van der Waals surface area contributed by atoms with Crippen molar-refractivity contribution >= 4 is 23.6 Å². The van der Waals surface area contributed by atoms with Crippen LogP contribution in [0.25, 0.3) is 0 Å². The maximum Gasteiger partial charge on any atom is 0.355 e. The number of carbonyl (C=O) groups excluding carboxylic acids is 3. The van der Waals surface area contributed by atoms with E-state index in [1.54, 1.807) is 37.3 Å². The van der Waals surface area contributed by atoms with Crippen molar-refractivity contribution in [3.05, 3.63) is 82.3 Å². The molecule has 0 spiro atoms. The first-order valence-electron chi connectivity index (χ1n) is 10.9. The lowest BCUT2D eigenvalue weighted by molar-refractivity contribution is -0.142. The molecule has 1 aliphatic rings. The Morgan fingerprint density at radius 2 is 1.75 bits per heavy atom. The van der Waals surface area contributed by atoms with Gasteiger partial charge in [-0.3, -0.25) is 9.69 Å². The molecular weight excluding hydrogens is 466 g/mol. The van der Waals surface area contributed by atoms with Gasteiger partial charge in [0.1, 0.15) is 17.3 Å². The number of esters is 3. The third-order valence-corrected chi connectivity index (χ3v) is 5.54. The SMILES string of the molecule is CCOC(=O)Cc1ccc(O)c(N2C(N)=C(C#N)C(c3ccccc3)C(C(=O)OC)=C2C(=O)OC)c1. The third kappa shape index (κ3) is 4.86. The van der Waals surface area contributed by atoms with Crippen molar-refractivity contribution in [2.75, 3.05) is 25.7 Å². The van der Waals surface area contributed by atoms with E-state index in [2.05, 4.69) is 0 Å². The molecule has 2 aromatic rings. The van der Waals surface area contributed by atoms with Gasteiger partial charge in [-0.25, -0.2) is 9.59 Å². The lowest BCUT2D eigenvalue weighted by atomic mass is 9.81. The molecule has 0 bridgehead atoms. The minimum absolute atomic E-state index is 0.0460. The molecule has 1 aliphatic heterocycles. The first-order valence-corrected chi connectivity index (χ1v) is 10.9. The van der Waals surface area contributed by atoms with Crippen molar-refractivity contribution in [2.45, 2.75) is 19.3 Å². The van der Waals surface area contributed by atoms with Gasteiger partial charge in [0.25, 0.3) is 0 Å². The second-order valence-corrected chi connectivity index (χ2v) is 7.64. The van der Waals surface area contributed by atoms with Crippen molar-refractivity contribution in [2.24, 2.45) is 5.73 Å². The van der Waals surface area contributed by atoms with Crippen LogP contribution in [0.3, 0.4) is 0 Å². The number of rotatable bonds is 7. The summed E-state index contributed by atoms with van der Waals surface area (Å²) in [7, 11) is 2.26. The number of hydrogen-bond donors (Lipinski definition) is 2. The molecule has 0 aliphatic carbocycles. The lowest BCUT2D eigenvalue weighted by Gasteiger charge is -2.36. The van der Waals surface area contributed by atoms with Crippen molar-refractivity contribution in [3.8, 4) is 11.8 Å². The summed E-state index contributed by atoms with van der Waals surface area (Å²) in [4.78, 5) is 39.3. The standard InChI is InChI=1S/C26H25N3O7/c1-4-36-20(31)13-15-10-11-19(30)18(12-15)29-23(26(33)35-3)22(25(32)34-2)21(17(14-27)24(29)28)16-8-6-5-7-9-16/h5-12,21,30H,4,13,28H2,1-3H3. The molecule has 0 amide bonds. The van der Waals surface area contributed by atoms with Crippen molar-refractivity contribution in [1.82, 2.24) is 0 Å². The second kappa shape index (κ2) is 11.1. The number of phenolic OH excluding ortho intramolecular Hbond substituents is 1. The van der Waals surface area contributed by atoms with Gasteiger partial charge in [-0.2, -0.15) is 5.26 Å². The number of phenols is 1. The van der Waals surface area contributed by atoms with Crippen LogP contribution < -0.4 is 10.6 Å². The van der Waals surface area contributed by atoms with E-state index in [1.165, 1.54) is 18.2 Å². The van der Waals surface area contributed by atoms with Crippen molar-refractivity contribution in [3.63, 3.8) is 0 Å².